The summed E-state index contributed by atoms with van der Waals surface area (Å²) in [5.74, 6) is -0.248. The summed E-state index contributed by atoms with van der Waals surface area (Å²) in [6.07, 6.45) is 0. The lowest BCUT2D eigenvalue weighted by atomic mass is 10.0. The molecule has 0 aliphatic carbocycles. The maximum absolute atomic E-state index is 12.9. The first-order valence-corrected chi connectivity index (χ1v) is 12.6. The van der Waals surface area contributed by atoms with Crippen molar-refractivity contribution in [3.05, 3.63) is 71.0 Å². The van der Waals surface area contributed by atoms with Gasteiger partial charge in [-0.3, -0.25) is 9.59 Å². The van der Waals surface area contributed by atoms with E-state index in [1.807, 2.05) is 44.4 Å². The van der Waals surface area contributed by atoms with Gasteiger partial charge in [0.25, 0.3) is 5.91 Å². The minimum atomic E-state index is -0.527. The molecule has 0 bridgehead atoms. The highest BCUT2D eigenvalue weighted by molar-refractivity contribution is 7.99. The first-order valence-electron chi connectivity index (χ1n) is 11.7. The van der Waals surface area contributed by atoms with Crippen molar-refractivity contribution in [1.82, 2.24) is 20.1 Å². The van der Waals surface area contributed by atoms with Crippen LogP contribution in [0.4, 0.5) is 5.69 Å². The molecule has 36 heavy (non-hydrogen) atoms. The number of methoxy groups -OCH3 is 1. The molecule has 9 nitrogen and oxygen atoms in total. The van der Waals surface area contributed by atoms with Crippen LogP contribution in [0, 0.1) is 12.8 Å². The molecule has 0 spiro atoms. The van der Waals surface area contributed by atoms with E-state index in [1.54, 1.807) is 36.4 Å². The van der Waals surface area contributed by atoms with Crippen LogP contribution in [0.25, 0.3) is 0 Å². The predicted octanol–water partition coefficient (Wildman–Crippen LogP) is 4.25. The van der Waals surface area contributed by atoms with Crippen LogP contribution in [0.3, 0.4) is 0 Å². The number of aromatic nitrogens is 3. The van der Waals surface area contributed by atoms with Gasteiger partial charge in [0.15, 0.2) is 11.0 Å². The molecule has 2 aromatic carbocycles. The van der Waals surface area contributed by atoms with Crippen LogP contribution in [0.5, 0.6) is 0 Å². The van der Waals surface area contributed by atoms with Gasteiger partial charge in [-0.1, -0.05) is 55.4 Å². The first-order chi connectivity index (χ1) is 17.2. The second-order valence-corrected chi connectivity index (χ2v) is 9.46. The Bertz CT molecular complexity index is 1220. The number of ether oxygens (including phenoxy) is 1. The Morgan fingerprint density at radius 3 is 2.39 bits per heavy atom. The lowest BCUT2D eigenvalue weighted by Crippen LogP contribution is -2.33. The number of para-hydroxylation sites is 1. The summed E-state index contributed by atoms with van der Waals surface area (Å²) in [6, 6.07) is 13.7. The van der Waals surface area contributed by atoms with E-state index in [-0.39, 0.29) is 35.1 Å². The first kappa shape index (κ1) is 26.9. The largest absolute Gasteiger partial charge is 0.465 e. The van der Waals surface area contributed by atoms with Gasteiger partial charge in [-0.05, 0) is 44.0 Å². The predicted molar refractivity (Wildman–Crippen MR) is 139 cm³/mol. The smallest absolute Gasteiger partial charge is 0.339 e. The zero-order valence-electron chi connectivity index (χ0n) is 21.1. The summed E-state index contributed by atoms with van der Waals surface area (Å²) in [5.41, 5.74) is 2.32. The Hall–Kier alpha value is -3.66. The van der Waals surface area contributed by atoms with Gasteiger partial charge in [-0.25, -0.2) is 4.79 Å². The van der Waals surface area contributed by atoms with Crippen molar-refractivity contribution in [2.45, 2.75) is 45.4 Å². The number of rotatable bonds is 10. The number of carbonyl (C=O) groups excluding carboxylic acids is 3. The fourth-order valence-corrected chi connectivity index (χ4v) is 4.40. The van der Waals surface area contributed by atoms with E-state index < -0.39 is 5.97 Å². The topological polar surface area (TPSA) is 115 Å². The van der Waals surface area contributed by atoms with Crippen LogP contribution in [0.1, 0.15) is 58.9 Å². The van der Waals surface area contributed by atoms with Gasteiger partial charge in [0.2, 0.25) is 5.91 Å². The van der Waals surface area contributed by atoms with Crippen LogP contribution in [0.15, 0.2) is 53.7 Å². The monoisotopic (exact) mass is 509 g/mol. The molecule has 2 N–H and O–H groups in total. The third-order valence-electron chi connectivity index (χ3n) is 5.55. The number of nitrogens with one attached hydrogen (secondary N) is 2. The van der Waals surface area contributed by atoms with Crippen molar-refractivity contribution in [1.29, 1.82) is 0 Å². The maximum atomic E-state index is 12.9. The molecule has 0 saturated heterocycles. The number of hydrogen-bond acceptors (Lipinski definition) is 7. The standard InChI is InChI=1S/C26H31N5O4S/c1-6-31-23(22(16(2)3)28-24(33)18-13-11-17(4)12-14-18)29-30-26(31)36-15-21(32)27-20-10-8-7-9-19(20)25(34)35-5/h7-14,16,22H,6,15H2,1-5H3,(H,27,32)(H,28,33)/t22-/m0/s1. The van der Waals surface area contributed by atoms with Crippen LogP contribution in [-0.4, -0.2) is 45.4 Å². The molecule has 3 rings (SSSR count). The fourth-order valence-electron chi connectivity index (χ4n) is 3.59. The van der Waals surface area contributed by atoms with Crippen molar-refractivity contribution in [3.63, 3.8) is 0 Å². The number of anilines is 1. The molecule has 0 aliphatic rings. The number of hydrogen-bond donors (Lipinski definition) is 2. The van der Waals surface area contributed by atoms with E-state index >= 15 is 0 Å². The van der Waals surface area contributed by atoms with Crippen molar-refractivity contribution >= 4 is 35.2 Å². The molecule has 1 heterocycles. The zero-order valence-corrected chi connectivity index (χ0v) is 21.9. The Labute approximate surface area is 215 Å². The van der Waals surface area contributed by atoms with Crippen molar-refractivity contribution in [2.75, 3.05) is 18.2 Å². The van der Waals surface area contributed by atoms with Gasteiger partial charge < -0.3 is 19.9 Å². The minimum absolute atomic E-state index is 0.0601. The molecule has 1 atom stereocenters. The van der Waals surface area contributed by atoms with Crippen molar-refractivity contribution < 1.29 is 19.1 Å². The molecule has 0 aliphatic heterocycles. The van der Waals surface area contributed by atoms with Crippen LogP contribution < -0.4 is 10.6 Å². The van der Waals surface area contributed by atoms with Crippen LogP contribution in [-0.2, 0) is 16.1 Å². The number of amides is 2. The van der Waals surface area contributed by atoms with Crippen molar-refractivity contribution in [3.8, 4) is 0 Å². The molecule has 2 amide bonds. The maximum Gasteiger partial charge on any atom is 0.339 e. The highest BCUT2D eigenvalue weighted by Gasteiger charge is 2.26. The number of benzene rings is 2. The molecule has 0 radical (unpaired) electrons. The summed E-state index contributed by atoms with van der Waals surface area (Å²) >= 11 is 1.23. The second kappa shape index (κ2) is 12.3. The van der Waals surface area contributed by atoms with Gasteiger partial charge in [0, 0.05) is 12.1 Å². The van der Waals surface area contributed by atoms with Crippen molar-refractivity contribution in [2.24, 2.45) is 5.92 Å². The average Bonchev–Trinajstić information content (AvgIpc) is 3.28. The molecule has 1 aromatic heterocycles. The molecule has 0 fully saturated rings. The lowest BCUT2D eigenvalue weighted by Gasteiger charge is -2.22. The van der Waals surface area contributed by atoms with E-state index in [9.17, 15) is 14.4 Å². The SMILES string of the molecule is CCn1c(SCC(=O)Nc2ccccc2C(=O)OC)nnc1[C@@H](NC(=O)c1ccc(C)cc1)C(C)C. The Kier molecular flexibility index (Phi) is 9.24. The number of carbonyl (C=O) groups is 3. The molecule has 10 heteroatoms. The molecule has 3 aromatic rings. The molecular weight excluding hydrogens is 478 g/mol. The highest BCUT2D eigenvalue weighted by Crippen LogP contribution is 2.26. The third kappa shape index (κ3) is 6.51. The normalized spacial score (nSPS) is 11.7. The van der Waals surface area contributed by atoms with E-state index in [1.165, 1.54) is 18.9 Å². The zero-order chi connectivity index (χ0) is 26.2. The fraction of sp³-hybridized carbons (Fsp3) is 0.346. The average molecular weight is 510 g/mol. The summed E-state index contributed by atoms with van der Waals surface area (Å²) in [4.78, 5) is 37.5. The summed E-state index contributed by atoms with van der Waals surface area (Å²) < 4.78 is 6.68. The summed E-state index contributed by atoms with van der Waals surface area (Å²) in [5, 5.41) is 15.1. The van der Waals surface area contributed by atoms with E-state index in [4.69, 9.17) is 4.74 Å². The summed E-state index contributed by atoms with van der Waals surface area (Å²) in [6.45, 7) is 8.52. The number of esters is 1. The van der Waals surface area contributed by atoms with Gasteiger partial charge in [0.05, 0.1) is 30.2 Å². The van der Waals surface area contributed by atoms with Crippen LogP contribution >= 0.6 is 11.8 Å². The van der Waals surface area contributed by atoms with Gasteiger partial charge >= 0.3 is 5.97 Å². The van der Waals surface area contributed by atoms with Gasteiger partial charge in [-0.15, -0.1) is 10.2 Å². The Morgan fingerprint density at radius 1 is 1.06 bits per heavy atom. The molecular formula is C26H31N5O4S. The van der Waals surface area contributed by atoms with E-state index in [0.29, 0.717) is 28.8 Å². The third-order valence-corrected chi connectivity index (χ3v) is 6.51. The number of nitrogens with zero attached hydrogens (tertiary/aromatic N) is 3. The summed E-state index contributed by atoms with van der Waals surface area (Å²) in [7, 11) is 1.29. The highest BCUT2D eigenvalue weighted by atomic mass is 32.2. The minimum Gasteiger partial charge on any atom is -0.465 e. The van der Waals surface area contributed by atoms with Crippen LogP contribution in [0.2, 0.25) is 0 Å². The van der Waals surface area contributed by atoms with Gasteiger partial charge in [0.1, 0.15) is 0 Å². The number of thioether (sulfide) groups is 1. The quantitative estimate of drug-likeness (QED) is 0.310. The second-order valence-electron chi connectivity index (χ2n) is 8.52. The van der Waals surface area contributed by atoms with Gasteiger partial charge in [-0.2, -0.15) is 0 Å². The van der Waals surface area contributed by atoms with E-state index in [0.717, 1.165) is 5.56 Å². The Morgan fingerprint density at radius 2 is 1.75 bits per heavy atom. The molecule has 190 valence electrons. The Balaban J connectivity index is 1.72. The number of aryl methyl sites for hydroxylation is 1. The molecule has 0 unspecified atom stereocenters. The lowest BCUT2D eigenvalue weighted by molar-refractivity contribution is -0.113. The van der Waals surface area contributed by atoms with E-state index in [2.05, 4.69) is 20.8 Å². The molecule has 0 saturated carbocycles.